The molecule has 6 N–H and O–H groups in total. The molecule has 168 valence electrons. The molecule has 0 aromatic heterocycles. The number of aliphatic hydroxyl groups excluding tert-OH is 2. The summed E-state index contributed by atoms with van der Waals surface area (Å²) >= 11 is 0. The fourth-order valence-corrected chi connectivity index (χ4v) is 6.03. The Morgan fingerprint density at radius 1 is 1.12 bits per heavy atom. The van der Waals surface area contributed by atoms with Crippen LogP contribution in [-0.2, 0) is 20.8 Å². The highest BCUT2D eigenvalue weighted by atomic mass is 16.3. The quantitative estimate of drug-likeness (QED) is 0.415. The number of likely N-dealkylation sites (tertiary alicyclic amines) is 1. The van der Waals surface area contributed by atoms with E-state index in [1.807, 2.05) is 4.90 Å². The standard InChI is InChI=1S/C23H24N2O7/c24-22(31)16-19(28)17(25-6-1-2-7-25)12-9-11-8-10-4-3-5-13(26)14(10)18(27)15(11)20(29)23(12,32)21(16)30/h3-5,11-12,17,26-27,30,32H,1-2,6-9H2,(H2,24,31)/t11-,12-,17+,23-/m0/s1. The number of phenolic OH excluding ortho intramolecular Hbond substituents is 1. The molecule has 1 aliphatic heterocycles. The molecular formula is C23H24N2O7. The van der Waals surface area contributed by atoms with Crippen molar-refractivity contribution in [3.05, 3.63) is 46.2 Å². The van der Waals surface area contributed by atoms with E-state index in [0.717, 1.165) is 12.8 Å². The Morgan fingerprint density at radius 3 is 2.47 bits per heavy atom. The van der Waals surface area contributed by atoms with Crippen LogP contribution in [0.4, 0.5) is 0 Å². The van der Waals surface area contributed by atoms with E-state index in [4.69, 9.17) is 5.73 Å². The van der Waals surface area contributed by atoms with E-state index in [0.29, 0.717) is 25.1 Å². The van der Waals surface area contributed by atoms with Gasteiger partial charge in [-0.3, -0.25) is 19.3 Å². The molecule has 0 bridgehead atoms. The lowest BCUT2D eigenvalue weighted by Gasteiger charge is -2.50. The highest BCUT2D eigenvalue weighted by Gasteiger charge is 2.64. The molecule has 4 atom stereocenters. The molecule has 0 radical (unpaired) electrons. The zero-order valence-electron chi connectivity index (χ0n) is 17.2. The number of hydrogen-bond acceptors (Lipinski definition) is 8. The van der Waals surface area contributed by atoms with Gasteiger partial charge in [-0.05, 0) is 56.3 Å². The molecule has 1 aromatic carbocycles. The SMILES string of the molecule is NC(=O)C1=C(O)[C@@]2(O)C(=O)C3=C(O)c4c(O)cccc4C[C@H]3C[C@H]2[C@@H](N2CCCC2)C1=O. The van der Waals surface area contributed by atoms with Gasteiger partial charge in [0.15, 0.2) is 11.4 Å². The Labute approximate surface area is 183 Å². The maximum Gasteiger partial charge on any atom is 0.255 e. The Hall–Kier alpha value is -3.17. The van der Waals surface area contributed by atoms with E-state index in [9.17, 15) is 34.8 Å². The van der Waals surface area contributed by atoms with Crippen LogP contribution in [-0.4, -0.2) is 67.5 Å². The van der Waals surface area contributed by atoms with Gasteiger partial charge in [-0.2, -0.15) is 0 Å². The predicted molar refractivity (Wildman–Crippen MR) is 111 cm³/mol. The maximum absolute atomic E-state index is 13.7. The Morgan fingerprint density at radius 2 is 1.81 bits per heavy atom. The summed E-state index contributed by atoms with van der Waals surface area (Å²) in [5.41, 5.74) is 2.65. The molecule has 0 unspecified atom stereocenters. The second-order valence-corrected chi connectivity index (χ2v) is 9.05. The number of nitrogens with zero attached hydrogens (tertiary/aromatic N) is 1. The number of ketones is 2. The molecule has 1 saturated carbocycles. The van der Waals surface area contributed by atoms with Crippen molar-refractivity contribution in [3.8, 4) is 5.75 Å². The fourth-order valence-electron chi connectivity index (χ4n) is 6.03. The lowest BCUT2D eigenvalue weighted by molar-refractivity contribution is -0.154. The first kappa shape index (κ1) is 20.7. The lowest BCUT2D eigenvalue weighted by atomic mass is 9.57. The van der Waals surface area contributed by atoms with Gasteiger partial charge in [-0.25, -0.2) is 0 Å². The zero-order chi connectivity index (χ0) is 22.9. The Bertz CT molecular complexity index is 1130. The second-order valence-electron chi connectivity index (χ2n) is 9.05. The number of fused-ring (bicyclic) bond motifs is 3. The largest absolute Gasteiger partial charge is 0.508 e. The first-order chi connectivity index (χ1) is 15.2. The van der Waals surface area contributed by atoms with Crippen molar-refractivity contribution >= 4 is 23.2 Å². The van der Waals surface area contributed by atoms with Crippen molar-refractivity contribution in [1.29, 1.82) is 0 Å². The van der Waals surface area contributed by atoms with Crippen molar-refractivity contribution in [3.63, 3.8) is 0 Å². The summed E-state index contributed by atoms with van der Waals surface area (Å²) in [6, 6.07) is 3.77. The highest BCUT2D eigenvalue weighted by molar-refractivity contribution is 6.24. The number of rotatable bonds is 2. The maximum atomic E-state index is 13.7. The molecule has 5 rings (SSSR count). The highest BCUT2D eigenvalue weighted by Crippen LogP contribution is 2.52. The molecule has 9 nitrogen and oxygen atoms in total. The Kier molecular flexibility index (Phi) is 4.48. The van der Waals surface area contributed by atoms with Gasteiger partial charge in [0.2, 0.25) is 5.78 Å². The molecule has 2 fully saturated rings. The van der Waals surface area contributed by atoms with Gasteiger partial charge >= 0.3 is 0 Å². The van der Waals surface area contributed by atoms with Crippen molar-refractivity contribution < 1.29 is 34.8 Å². The topological polar surface area (TPSA) is 161 Å². The number of hydrogen-bond donors (Lipinski definition) is 5. The number of aliphatic hydroxyl groups is 3. The fraction of sp³-hybridized carbons (Fsp3) is 0.435. The van der Waals surface area contributed by atoms with Gasteiger partial charge in [0.25, 0.3) is 5.91 Å². The van der Waals surface area contributed by atoms with Gasteiger partial charge in [-0.15, -0.1) is 0 Å². The first-order valence-corrected chi connectivity index (χ1v) is 10.7. The molecule has 0 spiro atoms. The van der Waals surface area contributed by atoms with Crippen molar-refractivity contribution in [2.75, 3.05) is 13.1 Å². The number of carbonyl (C=O) groups excluding carboxylic acids is 3. The number of benzene rings is 1. The number of carbonyl (C=O) groups is 3. The average molecular weight is 440 g/mol. The molecule has 1 saturated heterocycles. The summed E-state index contributed by atoms with van der Waals surface area (Å²) in [5.74, 6) is -6.14. The van der Waals surface area contributed by atoms with Crippen LogP contribution in [0.2, 0.25) is 0 Å². The number of nitrogens with two attached hydrogens (primary N) is 1. The molecule has 1 heterocycles. The van der Waals surface area contributed by atoms with Gasteiger partial charge in [0.1, 0.15) is 22.8 Å². The molecule has 32 heavy (non-hydrogen) atoms. The number of primary amides is 1. The van der Waals surface area contributed by atoms with Crippen molar-refractivity contribution in [1.82, 2.24) is 4.90 Å². The van der Waals surface area contributed by atoms with Crippen LogP contribution in [0.3, 0.4) is 0 Å². The molecule has 4 aliphatic rings. The van der Waals surface area contributed by atoms with Crippen molar-refractivity contribution in [2.24, 2.45) is 17.6 Å². The number of phenols is 1. The van der Waals surface area contributed by atoms with Crippen LogP contribution in [0.15, 0.2) is 35.1 Å². The number of aromatic hydroxyl groups is 1. The van der Waals surface area contributed by atoms with Gasteiger partial charge in [0.05, 0.1) is 11.6 Å². The molecule has 1 amide bonds. The Balaban J connectivity index is 1.72. The normalized spacial score (nSPS) is 32.6. The minimum absolute atomic E-state index is 0.107. The summed E-state index contributed by atoms with van der Waals surface area (Å²) in [5, 5.41) is 43.6. The number of Topliss-reactive ketones (excluding diaryl/α,β-unsaturated/α-hetero) is 2. The van der Waals surface area contributed by atoms with Gasteiger partial charge < -0.3 is 26.2 Å². The summed E-state index contributed by atoms with van der Waals surface area (Å²) in [4.78, 5) is 40.8. The van der Waals surface area contributed by atoms with Gasteiger partial charge in [-0.1, -0.05) is 12.1 Å². The zero-order valence-corrected chi connectivity index (χ0v) is 17.2. The third-order valence-corrected chi connectivity index (χ3v) is 7.44. The monoisotopic (exact) mass is 440 g/mol. The summed E-state index contributed by atoms with van der Waals surface area (Å²) in [6.45, 7) is 1.11. The van der Waals surface area contributed by atoms with Crippen LogP contribution in [0.5, 0.6) is 5.75 Å². The van der Waals surface area contributed by atoms with E-state index in [1.54, 1.807) is 12.1 Å². The van der Waals surface area contributed by atoms with E-state index in [2.05, 4.69) is 0 Å². The predicted octanol–water partition coefficient (Wildman–Crippen LogP) is 0.498. The lowest BCUT2D eigenvalue weighted by Crippen LogP contribution is -2.66. The van der Waals surface area contributed by atoms with Crippen molar-refractivity contribution in [2.45, 2.75) is 37.3 Å². The van der Waals surface area contributed by atoms with E-state index >= 15 is 0 Å². The van der Waals surface area contributed by atoms with Gasteiger partial charge in [0, 0.05) is 11.5 Å². The van der Waals surface area contributed by atoms with Crippen LogP contribution < -0.4 is 5.73 Å². The van der Waals surface area contributed by atoms with E-state index < -0.39 is 58.0 Å². The minimum atomic E-state index is -2.58. The van der Waals surface area contributed by atoms with Crippen LogP contribution >= 0.6 is 0 Å². The van der Waals surface area contributed by atoms with Crippen LogP contribution in [0, 0.1) is 11.8 Å². The van der Waals surface area contributed by atoms with Crippen LogP contribution in [0.1, 0.15) is 30.4 Å². The summed E-state index contributed by atoms with van der Waals surface area (Å²) < 4.78 is 0. The third-order valence-electron chi connectivity index (χ3n) is 7.44. The average Bonchev–Trinajstić information content (AvgIpc) is 3.25. The number of amides is 1. The minimum Gasteiger partial charge on any atom is -0.508 e. The molecule has 3 aliphatic carbocycles. The first-order valence-electron chi connectivity index (χ1n) is 10.7. The summed E-state index contributed by atoms with van der Waals surface area (Å²) in [6.07, 6.45) is 2.09. The summed E-state index contributed by atoms with van der Waals surface area (Å²) in [7, 11) is 0. The molecule has 9 heteroatoms. The van der Waals surface area contributed by atoms with E-state index in [-0.39, 0.29) is 23.3 Å². The second kappa shape index (κ2) is 6.91. The third kappa shape index (κ3) is 2.55. The van der Waals surface area contributed by atoms with E-state index in [1.165, 1.54) is 6.07 Å². The smallest absolute Gasteiger partial charge is 0.255 e. The molecule has 1 aromatic rings. The molecular weight excluding hydrogens is 416 g/mol. The van der Waals surface area contributed by atoms with Crippen LogP contribution in [0.25, 0.3) is 5.76 Å².